The van der Waals surface area contributed by atoms with Crippen molar-refractivity contribution in [2.75, 3.05) is 18.5 Å². The summed E-state index contributed by atoms with van der Waals surface area (Å²) >= 11 is 3.49. The first-order chi connectivity index (χ1) is 11.8. The average molecular weight is 403 g/mol. The van der Waals surface area contributed by atoms with Crippen LogP contribution in [0.15, 0.2) is 24.3 Å². The first-order valence-corrected chi connectivity index (χ1v) is 11.1. The molecule has 0 unspecified atom stereocenters. The van der Waals surface area contributed by atoms with E-state index in [4.69, 9.17) is 9.47 Å². The minimum Gasteiger partial charge on any atom is -0.352 e. The lowest BCUT2D eigenvalue weighted by Crippen LogP contribution is -2.18. The molecule has 0 aliphatic heterocycles. The Hall–Kier alpha value is -0.120. The standard InChI is InChI=1S/C21H39BrO2/c1-3-5-7-11-15-19-23-21(17-13-9-10-14-18-22)24-20-16-12-8-6-4-2/h7-8,11-12,21H,3-6,9-10,13-20H2,1-2H3/b11-7-,12-8-. The third-order valence-electron chi connectivity index (χ3n) is 3.74. The van der Waals surface area contributed by atoms with E-state index in [2.05, 4.69) is 54.1 Å². The predicted octanol–water partition coefficient (Wildman–Crippen LogP) is 7.18. The Morgan fingerprint density at radius 3 is 1.71 bits per heavy atom. The predicted molar refractivity (Wildman–Crippen MR) is 110 cm³/mol. The SMILES string of the molecule is CCC/C=C\CCOC(CCCCCCBr)OCC/C=C\CCC. The van der Waals surface area contributed by atoms with E-state index < -0.39 is 0 Å². The lowest BCUT2D eigenvalue weighted by atomic mass is 10.1. The van der Waals surface area contributed by atoms with E-state index in [9.17, 15) is 0 Å². The highest BCUT2D eigenvalue weighted by Crippen LogP contribution is 2.11. The Morgan fingerprint density at radius 1 is 0.708 bits per heavy atom. The molecule has 0 spiro atoms. The second kappa shape index (κ2) is 20.9. The monoisotopic (exact) mass is 402 g/mol. The normalized spacial score (nSPS) is 12.2. The summed E-state index contributed by atoms with van der Waals surface area (Å²) in [5.74, 6) is 0. The smallest absolute Gasteiger partial charge is 0.157 e. The van der Waals surface area contributed by atoms with Crippen LogP contribution in [0.3, 0.4) is 0 Å². The van der Waals surface area contributed by atoms with Crippen molar-refractivity contribution >= 4 is 15.9 Å². The minimum atomic E-state index is -0.0341. The maximum Gasteiger partial charge on any atom is 0.157 e. The number of halogens is 1. The van der Waals surface area contributed by atoms with Crippen molar-refractivity contribution in [1.82, 2.24) is 0 Å². The van der Waals surface area contributed by atoms with Crippen LogP contribution < -0.4 is 0 Å². The minimum absolute atomic E-state index is 0.0341. The Labute approximate surface area is 159 Å². The molecule has 0 aliphatic rings. The maximum absolute atomic E-state index is 5.95. The van der Waals surface area contributed by atoms with Gasteiger partial charge in [-0.05, 0) is 44.9 Å². The Bertz CT molecular complexity index is 268. The second-order valence-corrected chi connectivity index (χ2v) is 6.95. The number of rotatable bonds is 18. The van der Waals surface area contributed by atoms with Gasteiger partial charge in [-0.1, -0.05) is 79.8 Å². The van der Waals surface area contributed by atoms with Gasteiger partial charge in [-0.2, -0.15) is 0 Å². The summed E-state index contributed by atoms with van der Waals surface area (Å²) in [4.78, 5) is 0. The summed E-state index contributed by atoms with van der Waals surface area (Å²) < 4.78 is 11.9. The molecule has 0 amide bonds. The van der Waals surface area contributed by atoms with E-state index in [0.29, 0.717) is 0 Å². The number of hydrogen-bond acceptors (Lipinski definition) is 2. The first kappa shape index (κ1) is 23.9. The lowest BCUT2D eigenvalue weighted by Gasteiger charge is -2.18. The molecule has 142 valence electrons. The van der Waals surface area contributed by atoms with Gasteiger partial charge in [0, 0.05) is 5.33 Å². The molecule has 0 saturated carbocycles. The van der Waals surface area contributed by atoms with E-state index in [1.165, 1.54) is 38.5 Å². The molecular weight excluding hydrogens is 364 g/mol. The molecule has 0 aliphatic carbocycles. The second-order valence-electron chi connectivity index (χ2n) is 6.16. The van der Waals surface area contributed by atoms with Crippen molar-refractivity contribution in [3.63, 3.8) is 0 Å². The molecule has 0 saturated heterocycles. The Balaban J connectivity index is 3.90. The third-order valence-corrected chi connectivity index (χ3v) is 4.30. The van der Waals surface area contributed by atoms with E-state index in [1.807, 2.05) is 0 Å². The van der Waals surface area contributed by atoms with Crippen LogP contribution in [-0.4, -0.2) is 24.8 Å². The van der Waals surface area contributed by atoms with Gasteiger partial charge in [0.1, 0.15) is 0 Å². The van der Waals surface area contributed by atoms with Crippen LogP contribution in [0.1, 0.15) is 84.5 Å². The van der Waals surface area contributed by atoms with Gasteiger partial charge in [-0.15, -0.1) is 0 Å². The maximum atomic E-state index is 5.95. The van der Waals surface area contributed by atoms with Gasteiger partial charge >= 0.3 is 0 Å². The van der Waals surface area contributed by atoms with E-state index in [1.54, 1.807) is 0 Å². The number of ether oxygens (including phenoxy) is 2. The van der Waals surface area contributed by atoms with Gasteiger partial charge < -0.3 is 9.47 Å². The van der Waals surface area contributed by atoms with Gasteiger partial charge in [0.2, 0.25) is 0 Å². The van der Waals surface area contributed by atoms with Crippen LogP contribution >= 0.6 is 15.9 Å². The van der Waals surface area contributed by atoms with Gasteiger partial charge in [-0.3, -0.25) is 0 Å². The molecule has 0 N–H and O–H groups in total. The molecule has 0 aromatic rings. The van der Waals surface area contributed by atoms with Gasteiger partial charge in [0.05, 0.1) is 13.2 Å². The van der Waals surface area contributed by atoms with Crippen molar-refractivity contribution < 1.29 is 9.47 Å². The topological polar surface area (TPSA) is 18.5 Å². The molecule has 0 aromatic carbocycles. The summed E-state index contributed by atoms with van der Waals surface area (Å²) in [6.07, 6.45) is 21.7. The van der Waals surface area contributed by atoms with E-state index >= 15 is 0 Å². The van der Waals surface area contributed by atoms with Gasteiger partial charge in [-0.25, -0.2) is 0 Å². The van der Waals surface area contributed by atoms with Crippen molar-refractivity contribution in [3.8, 4) is 0 Å². The fourth-order valence-corrected chi connectivity index (χ4v) is 2.71. The number of unbranched alkanes of at least 4 members (excludes halogenated alkanes) is 5. The summed E-state index contributed by atoms with van der Waals surface area (Å²) in [5, 5.41) is 1.11. The van der Waals surface area contributed by atoms with Crippen LogP contribution in [0.25, 0.3) is 0 Å². The number of hydrogen-bond donors (Lipinski definition) is 0. The van der Waals surface area contributed by atoms with E-state index in [0.717, 1.165) is 50.6 Å². The Morgan fingerprint density at radius 2 is 1.21 bits per heavy atom. The van der Waals surface area contributed by atoms with Crippen LogP contribution in [-0.2, 0) is 9.47 Å². The zero-order valence-electron chi connectivity index (χ0n) is 16.0. The number of alkyl halides is 1. The molecule has 3 heteroatoms. The summed E-state index contributed by atoms with van der Waals surface area (Å²) in [6.45, 7) is 5.93. The molecule has 0 atom stereocenters. The summed E-state index contributed by atoms with van der Waals surface area (Å²) in [6, 6.07) is 0. The largest absolute Gasteiger partial charge is 0.352 e. The summed E-state index contributed by atoms with van der Waals surface area (Å²) in [5.41, 5.74) is 0. The fourth-order valence-electron chi connectivity index (χ4n) is 2.31. The van der Waals surface area contributed by atoms with E-state index in [-0.39, 0.29) is 6.29 Å². The Kier molecular flexibility index (Phi) is 20.8. The van der Waals surface area contributed by atoms with Crippen molar-refractivity contribution in [3.05, 3.63) is 24.3 Å². The molecule has 0 fully saturated rings. The highest BCUT2D eigenvalue weighted by atomic mass is 79.9. The fraction of sp³-hybridized carbons (Fsp3) is 0.810. The zero-order valence-corrected chi connectivity index (χ0v) is 17.6. The summed E-state index contributed by atoms with van der Waals surface area (Å²) in [7, 11) is 0. The van der Waals surface area contributed by atoms with Crippen LogP contribution in [0, 0.1) is 0 Å². The quantitative estimate of drug-likeness (QED) is 0.104. The van der Waals surface area contributed by atoms with Gasteiger partial charge in [0.15, 0.2) is 6.29 Å². The molecule has 24 heavy (non-hydrogen) atoms. The molecule has 0 rings (SSSR count). The van der Waals surface area contributed by atoms with Crippen molar-refractivity contribution in [2.24, 2.45) is 0 Å². The zero-order chi connectivity index (χ0) is 17.7. The van der Waals surface area contributed by atoms with Gasteiger partial charge in [0.25, 0.3) is 0 Å². The van der Waals surface area contributed by atoms with Crippen molar-refractivity contribution in [2.45, 2.75) is 90.8 Å². The van der Waals surface area contributed by atoms with Crippen molar-refractivity contribution in [1.29, 1.82) is 0 Å². The average Bonchev–Trinajstić information content (AvgIpc) is 2.60. The van der Waals surface area contributed by atoms with Crippen LogP contribution in [0.5, 0.6) is 0 Å². The molecule has 0 aromatic heterocycles. The molecule has 0 heterocycles. The molecular formula is C21H39BrO2. The molecule has 0 radical (unpaired) electrons. The molecule has 0 bridgehead atoms. The van der Waals surface area contributed by atoms with Crippen LogP contribution in [0.2, 0.25) is 0 Å². The third kappa shape index (κ3) is 18.2. The molecule has 2 nitrogen and oxygen atoms in total. The lowest BCUT2D eigenvalue weighted by molar-refractivity contribution is -0.144. The first-order valence-electron chi connectivity index (χ1n) is 9.94. The highest BCUT2D eigenvalue weighted by Gasteiger charge is 2.08. The number of allylic oxidation sites excluding steroid dienone is 2. The highest BCUT2D eigenvalue weighted by molar-refractivity contribution is 9.09. The van der Waals surface area contributed by atoms with Crippen LogP contribution in [0.4, 0.5) is 0 Å².